The van der Waals surface area contributed by atoms with Crippen LogP contribution in [0.3, 0.4) is 0 Å². The summed E-state index contributed by atoms with van der Waals surface area (Å²) in [6.07, 6.45) is 0.987. The van der Waals surface area contributed by atoms with Gasteiger partial charge in [0.25, 0.3) is 0 Å². The van der Waals surface area contributed by atoms with Crippen LogP contribution in [-0.4, -0.2) is 26.2 Å². The van der Waals surface area contributed by atoms with Gasteiger partial charge in [-0.25, -0.2) is 8.78 Å². The van der Waals surface area contributed by atoms with Gasteiger partial charge < -0.3 is 10.2 Å². The molecule has 1 unspecified atom stereocenters. The second-order valence-corrected chi connectivity index (χ2v) is 4.48. The highest BCUT2D eigenvalue weighted by Gasteiger charge is 2.26. The van der Waals surface area contributed by atoms with E-state index in [9.17, 15) is 8.78 Å². The standard InChI is InChI=1S/C13H18F2N2/c1-2-16-8-10-6-7-17(9-10)13-11(14)4-3-5-12(13)15/h3-5,10,16H,2,6-9H2,1H3. The highest BCUT2D eigenvalue weighted by molar-refractivity contribution is 5.50. The Balaban J connectivity index is 2.05. The maximum Gasteiger partial charge on any atom is 0.149 e. The number of halogens is 2. The van der Waals surface area contributed by atoms with Gasteiger partial charge in [-0.3, -0.25) is 0 Å². The Morgan fingerprint density at radius 1 is 1.35 bits per heavy atom. The first-order chi connectivity index (χ1) is 8.22. The number of nitrogens with one attached hydrogen (secondary N) is 1. The minimum Gasteiger partial charge on any atom is -0.366 e. The molecule has 0 aromatic heterocycles. The Morgan fingerprint density at radius 2 is 2.06 bits per heavy atom. The van der Waals surface area contributed by atoms with E-state index in [1.54, 1.807) is 0 Å². The van der Waals surface area contributed by atoms with Crippen molar-refractivity contribution in [1.29, 1.82) is 0 Å². The second-order valence-electron chi connectivity index (χ2n) is 4.48. The first-order valence-electron chi connectivity index (χ1n) is 6.12. The van der Waals surface area contributed by atoms with E-state index in [0.29, 0.717) is 5.92 Å². The molecule has 1 aliphatic rings. The summed E-state index contributed by atoms with van der Waals surface area (Å²) >= 11 is 0. The molecule has 0 radical (unpaired) electrons. The molecule has 4 heteroatoms. The summed E-state index contributed by atoms with van der Waals surface area (Å²) in [5.74, 6) is -0.447. The van der Waals surface area contributed by atoms with Crippen molar-refractivity contribution in [1.82, 2.24) is 5.32 Å². The average molecular weight is 240 g/mol. The summed E-state index contributed by atoms with van der Waals surface area (Å²) in [5.41, 5.74) is 0.131. The Bertz CT molecular complexity index is 361. The SMILES string of the molecule is CCNCC1CCN(c2c(F)cccc2F)C1. The van der Waals surface area contributed by atoms with Crippen molar-refractivity contribution in [2.75, 3.05) is 31.1 Å². The number of benzene rings is 1. The zero-order chi connectivity index (χ0) is 12.3. The molecule has 2 nitrogen and oxygen atoms in total. The fourth-order valence-corrected chi connectivity index (χ4v) is 2.34. The first kappa shape index (κ1) is 12.3. The van der Waals surface area contributed by atoms with E-state index in [1.807, 2.05) is 4.90 Å². The van der Waals surface area contributed by atoms with Crippen LogP contribution in [0.1, 0.15) is 13.3 Å². The van der Waals surface area contributed by atoms with Crippen molar-refractivity contribution >= 4 is 5.69 Å². The topological polar surface area (TPSA) is 15.3 Å². The van der Waals surface area contributed by atoms with E-state index in [4.69, 9.17) is 0 Å². The molecule has 2 rings (SSSR count). The van der Waals surface area contributed by atoms with Gasteiger partial charge in [0.05, 0.1) is 0 Å². The summed E-state index contributed by atoms with van der Waals surface area (Å²) in [6.45, 7) is 5.37. The molecule has 1 aromatic carbocycles. The van der Waals surface area contributed by atoms with Gasteiger partial charge in [-0.1, -0.05) is 13.0 Å². The lowest BCUT2D eigenvalue weighted by molar-refractivity contribution is 0.525. The van der Waals surface area contributed by atoms with Crippen molar-refractivity contribution < 1.29 is 8.78 Å². The summed E-state index contributed by atoms with van der Waals surface area (Å²) in [6, 6.07) is 4.03. The number of hydrogen-bond donors (Lipinski definition) is 1. The maximum atomic E-state index is 13.6. The summed E-state index contributed by atoms with van der Waals surface area (Å²) < 4.78 is 27.2. The molecule has 0 aliphatic carbocycles. The molecule has 17 heavy (non-hydrogen) atoms. The highest BCUT2D eigenvalue weighted by atomic mass is 19.1. The molecule has 1 fully saturated rings. The van der Waals surface area contributed by atoms with Crippen LogP contribution in [0.15, 0.2) is 18.2 Å². The van der Waals surface area contributed by atoms with Gasteiger partial charge in [0.15, 0.2) is 0 Å². The second kappa shape index (κ2) is 5.45. The largest absolute Gasteiger partial charge is 0.366 e. The van der Waals surface area contributed by atoms with Crippen molar-refractivity contribution in [2.24, 2.45) is 5.92 Å². The van der Waals surface area contributed by atoms with Crippen molar-refractivity contribution in [3.05, 3.63) is 29.8 Å². The minimum atomic E-state index is -0.464. The number of para-hydroxylation sites is 1. The van der Waals surface area contributed by atoms with E-state index >= 15 is 0 Å². The molecule has 94 valence electrons. The minimum absolute atomic E-state index is 0.131. The highest BCUT2D eigenvalue weighted by Crippen LogP contribution is 2.28. The van der Waals surface area contributed by atoms with E-state index < -0.39 is 11.6 Å². The Morgan fingerprint density at radius 3 is 2.71 bits per heavy atom. The molecule has 0 bridgehead atoms. The van der Waals surface area contributed by atoms with Gasteiger partial charge in [0.2, 0.25) is 0 Å². The fraction of sp³-hybridized carbons (Fsp3) is 0.538. The molecule has 1 atom stereocenters. The molecule has 1 aliphatic heterocycles. The maximum absolute atomic E-state index is 13.6. The number of nitrogens with zero attached hydrogens (tertiary/aromatic N) is 1. The molecule has 1 N–H and O–H groups in total. The van der Waals surface area contributed by atoms with Gasteiger partial charge >= 0.3 is 0 Å². The van der Waals surface area contributed by atoms with Gasteiger partial charge in [-0.05, 0) is 37.6 Å². The van der Waals surface area contributed by atoms with E-state index in [-0.39, 0.29) is 5.69 Å². The van der Waals surface area contributed by atoms with Crippen LogP contribution in [0, 0.1) is 17.6 Å². The van der Waals surface area contributed by atoms with Crippen molar-refractivity contribution in [3.8, 4) is 0 Å². The third kappa shape index (κ3) is 2.75. The zero-order valence-electron chi connectivity index (χ0n) is 10.0. The lowest BCUT2D eigenvalue weighted by Gasteiger charge is -2.20. The van der Waals surface area contributed by atoms with Crippen LogP contribution in [0.2, 0.25) is 0 Å². The predicted octanol–water partition coefficient (Wildman–Crippen LogP) is 2.40. The Kier molecular flexibility index (Phi) is 3.94. The van der Waals surface area contributed by atoms with Crippen LogP contribution in [-0.2, 0) is 0 Å². The molecule has 0 spiro atoms. The zero-order valence-corrected chi connectivity index (χ0v) is 10.0. The molecule has 1 aromatic rings. The smallest absolute Gasteiger partial charge is 0.149 e. The first-order valence-corrected chi connectivity index (χ1v) is 6.12. The number of hydrogen-bond acceptors (Lipinski definition) is 2. The van der Waals surface area contributed by atoms with Crippen LogP contribution < -0.4 is 10.2 Å². The summed E-state index contributed by atoms with van der Waals surface area (Å²) in [4.78, 5) is 1.81. The van der Waals surface area contributed by atoms with Crippen LogP contribution in [0.4, 0.5) is 14.5 Å². The average Bonchev–Trinajstić information content (AvgIpc) is 2.75. The Hall–Kier alpha value is -1.16. The molecule has 0 amide bonds. The van der Waals surface area contributed by atoms with Crippen LogP contribution in [0.5, 0.6) is 0 Å². The van der Waals surface area contributed by atoms with E-state index in [1.165, 1.54) is 18.2 Å². The lowest BCUT2D eigenvalue weighted by atomic mass is 10.1. The molecule has 0 saturated carbocycles. The monoisotopic (exact) mass is 240 g/mol. The third-order valence-corrected chi connectivity index (χ3v) is 3.22. The van der Waals surface area contributed by atoms with Crippen molar-refractivity contribution in [2.45, 2.75) is 13.3 Å². The Labute approximate surface area is 101 Å². The molecular weight excluding hydrogens is 222 g/mol. The molecular formula is C13H18F2N2. The van der Waals surface area contributed by atoms with Gasteiger partial charge in [0, 0.05) is 13.1 Å². The predicted molar refractivity (Wildman–Crippen MR) is 65.2 cm³/mol. The summed E-state index contributed by atoms with van der Waals surface area (Å²) in [7, 11) is 0. The normalized spacial score (nSPS) is 19.9. The number of rotatable bonds is 4. The molecule has 1 saturated heterocycles. The fourth-order valence-electron chi connectivity index (χ4n) is 2.34. The van der Waals surface area contributed by atoms with Gasteiger partial charge in [-0.2, -0.15) is 0 Å². The van der Waals surface area contributed by atoms with Gasteiger partial charge in [0.1, 0.15) is 17.3 Å². The van der Waals surface area contributed by atoms with Crippen LogP contribution >= 0.6 is 0 Å². The number of anilines is 1. The van der Waals surface area contributed by atoms with E-state index in [2.05, 4.69) is 12.2 Å². The lowest BCUT2D eigenvalue weighted by Crippen LogP contribution is -2.27. The van der Waals surface area contributed by atoms with E-state index in [0.717, 1.165) is 32.6 Å². The quantitative estimate of drug-likeness (QED) is 0.869. The molecule has 1 heterocycles. The van der Waals surface area contributed by atoms with Crippen LogP contribution in [0.25, 0.3) is 0 Å². The summed E-state index contributed by atoms with van der Waals surface area (Å²) in [5, 5.41) is 3.28. The third-order valence-electron chi connectivity index (χ3n) is 3.22. The van der Waals surface area contributed by atoms with Crippen molar-refractivity contribution in [3.63, 3.8) is 0 Å². The van der Waals surface area contributed by atoms with Gasteiger partial charge in [-0.15, -0.1) is 0 Å².